The van der Waals surface area contributed by atoms with Crippen LogP contribution in [0.1, 0.15) is 37.0 Å². The first-order chi connectivity index (χ1) is 13.9. The van der Waals surface area contributed by atoms with Gasteiger partial charge in [0.25, 0.3) is 0 Å². The molecule has 29 heavy (non-hydrogen) atoms. The number of benzene rings is 2. The Balaban J connectivity index is 2.10. The summed E-state index contributed by atoms with van der Waals surface area (Å²) in [5.74, 6) is 0.441. The predicted octanol–water partition coefficient (Wildman–Crippen LogP) is 4.31. The highest BCUT2D eigenvalue weighted by atomic mass is 32.2. The van der Waals surface area contributed by atoms with Gasteiger partial charge in [0.2, 0.25) is 11.8 Å². The van der Waals surface area contributed by atoms with Gasteiger partial charge in [0.05, 0.1) is 5.75 Å². The van der Waals surface area contributed by atoms with Crippen LogP contribution in [0.4, 0.5) is 4.39 Å². The van der Waals surface area contributed by atoms with Crippen molar-refractivity contribution in [2.75, 3.05) is 12.3 Å². The Morgan fingerprint density at radius 2 is 1.83 bits per heavy atom. The van der Waals surface area contributed by atoms with E-state index in [-0.39, 0.29) is 29.9 Å². The Kier molecular flexibility index (Phi) is 9.19. The molecule has 2 amide bonds. The topological polar surface area (TPSA) is 49.4 Å². The van der Waals surface area contributed by atoms with Crippen LogP contribution in [0.5, 0.6) is 0 Å². The van der Waals surface area contributed by atoms with Crippen LogP contribution in [-0.4, -0.2) is 35.1 Å². The SMILES string of the molecule is CCNC(=O)[C@@H](CC)N(Cc1ccc(F)cc1)C(=O)CSCc1cccc(C)c1. The van der Waals surface area contributed by atoms with Crippen molar-refractivity contribution in [3.63, 3.8) is 0 Å². The molecule has 2 rings (SSSR count). The van der Waals surface area contributed by atoms with Gasteiger partial charge in [-0.1, -0.05) is 48.9 Å². The minimum absolute atomic E-state index is 0.0925. The van der Waals surface area contributed by atoms with Crippen molar-refractivity contribution in [3.8, 4) is 0 Å². The van der Waals surface area contributed by atoms with Crippen molar-refractivity contribution in [1.29, 1.82) is 0 Å². The second kappa shape index (κ2) is 11.6. The molecule has 0 spiro atoms. The van der Waals surface area contributed by atoms with Gasteiger partial charge >= 0.3 is 0 Å². The Hall–Kier alpha value is -2.34. The summed E-state index contributed by atoms with van der Waals surface area (Å²) in [6.45, 7) is 6.58. The number of nitrogens with zero attached hydrogens (tertiary/aromatic N) is 1. The van der Waals surface area contributed by atoms with Crippen LogP contribution >= 0.6 is 11.8 Å². The molecule has 0 saturated heterocycles. The average molecular weight is 417 g/mol. The highest BCUT2D eigenvalue weighted by molar-refractivity contribution is 7.99. The zero-order valence-corrected chi connectivity index (χ0v) is 18.1. The first kappa shape index (κ1) is 22.9. The number of rotatable bonds is 10. The molecule has 0 saturated carbocycles. The molecule has 0 radical (unpaired) electrons. The molecular formula is C23H29FN2O2S. The van der Waals surface area contributed by atoms with Gasteiger partial charge in [0.15, 0.2) is 0 Å². The smallest absolute Gasteiger partial charge is 0.242 e. The van der Waals surface area contributed by atoms with Crippen molar-refractivity contribution in [2.24, 2.45) is 0 Å². The summed E-state index contributed by atoms with van der Waals surface area (Å²) in [4.78, 5) is 27.2. The predicted molar refractivity (Wildman–Crippen MR) is 117 cm³/mol. The van der Waals surface area contributed by atoms with Crippen molar-refractivity contribution >= 4 is 23.6 Å². The minimum atomic E-state index is -0.549. The van der Waals surface area contributed by atoms with E-state index < -0.39 is 6.04 Å². The van der Waals surface area contributed by atoms with Gasteiger partial charge < -0.3 is 10.2 Å². The van der Waals surface area contributed by atoms with E-state index in [2.05, 4.69) is 11.4 Å². The van der Waals surface area contributed by atoms with Crippen molar-refractivity contribution in [2.45, 2.75) is 45.5 Å². The number of hydrogen-bond acceptors (Lipinski definition) is 3. The van der Waals surface area contributed by atoms with Gasteiger partial charge in [-0.2, -0.15) is 0 Å². The van der Waals surface area contributed by atoms with E-state index in [9.17, 15) is 14.0 Å². The second-order valence-electron chi connectivity index (χ2n) is 6.95. The summed E-state index contributed by atoms with van der Waals surface area (Å²) in [5, 5.41) is 2.82. The lowest BCUT2D eigenvalue weighted by Crippen LogP contribution is -2.49. The molecule has 2 aromatic carbocycles. The van der Waals surface area contributed by atoms with Gasteiger partial charge in [-0.05, 0) is 43.5 Å². The minimum Gasteiger partial charge on any atom is -0.355 e. The standard InChI is InChI=1S/C23H29FN2O2S/c1-4-21(23(28)25-5-2)26(14-18-9-11-20(24)12-10-18)22(27)16-29-15-19-8-6-7-17(3)13-19/h6-13,21H,4-5,14-16H2,1-3H3,(H,25,28)/t21-/m1/s1. The van der Waals surface area contributed by atoms with Gasteiger partial charge in [-0.15, -0.1) is 11.8 Å². The third-order valence-electron chi connectivity index (χ3n) is 4.58. The first-order valence-electron chi connectivity index (χ1n) is 9.89. The number of likely N-dealkylation sites (N-methyl/N-ethyl adjacent to an activating group) is 1. The molecular weight excluding hydrogens is 387 g/mol. The highest BCUT2D eigenvalue weighted by Crippen LogP contribution is 2.18. The highest BCUT2D eigenvalue weighted by Gasteiger charge is 2.28. The zero-order chi connectivity index (χ0) is 21.2. The lowest BCUT2D eigenvalue weighted by molar-refractivity contribution is -0.139. The molecule has 2 aromatic rings. The van der Waals surface area contributed by atoms with Crippen molar-refractivity contribution < 1.29 is 14.0 Å². The molecule has 0 aromatic heterocycles. The fourth-order valence-corrected chi connectivity index (χ4v) is 4.00. The lowest BCUT2D eigenvalue weighted by atomic mass is 10.1. The van der Waals surface area contributed by atoms with Crippen LogP contribution in [0.25, 0.3) is 0 Å². The van der Waals surface area contributed by atoms with E-state index in [0.29, 0.717) is 13.0 Å². The third-order valence-corrected chi connectivity index (χ3v) is 5.57. The Morgan fingerprint density at radius 3 is 2.45 bits per heavy atom. The van der Waals surface area contributed by atoms with E-state index >= 15 is 0 Å². The van der Waals surface area contributed by atoms with Crippen LogP contribution in [0.15, 0.2) is 48.5 Å². The summed E-state index contributed by atoms with van der Waals surface area (Å²) in [6.07, 6.45) is 0.515. The average Bonchev–Trinajstić information content (AvgIpc) is 2.69. The van der Waals surface area contributed by atoms with Crippen LogP contribution in [0.2, 0.25) is 0 Å². The first-order valence-corrected chi connectivity index (χ1v) is 11.0. The van der Waals surface area contributed by atoms with Crippen molar-refractivity contribution in [3.05, 3.63) is 71.0 Å². The number of carbonyl (C=O) groups is 2. The fraction of sp³-hybridized carbons (Fsp3) is 0.391. The van der Waals surface area contributed by atoms with E-state index in [1.54, 1.807) is 17.0 Å². The second-order valence-corrected chi connectivity index (χ2v) is 7.93. The third kappa shape index (κ3) is 7.20. The van der Waals surface area contributed by atoms with E-state index in [0.717, 1.165) is 11.3 Å². The summed E-state index contributed by atoms with van der Waals surface area (Å²) in [7, 11) is 0. The van der Waals surface area contributed by atoms with Crippen LogP contribution in [-0.2, 0) is 21.9 Å². The molecule has 0 heterocycles. The number of aryl methyl sites for hydroxylation is 1. The molecule has 1 atom stereocenters. The van der Waals surface area contributed by atoms with E-state index in [1.807, 2.05) is 39.0 Å². The molecule has 1 N–H and O–H groups in total. The van der Waals surface area contributed by atoms with Gasteiger partial charge in [0, 0.05) is 18.8 Å². The van der Waals surface area contributed by atoms with Crippen LogP contribution in [0.3, 0.4) is 0 Å². The maximum atomic E-state index is 13.2. The van der Waals surface area contributed by atoms with Gasteiger partial charge in [0.1, 0.15) is 11.9 Å². The molecule has 0 aliphatic carbocycles. The normalized spacial score (nSPS) is 11.7. The lowest BCUT2D eigenvalue weighted by Gasteiger charge is -2.30. The van der Waals surface area contributed by atoms with E-state index in [1.165, 1.54) is 35.0 Å². The largest absolute Gasteiger partial charge is 0.355 e. The van der Waals surface area contributed by atoms with Gasteiger partial charge in [-0.3, -0.25) is 9.59 Å². The number of nitrogens with one attached hydrogen (secondary N) is 1. The number of amides is 2. The zero-order valence-electron chi connectivity index (χ0n) is 17.3. The van der Waals surface area contributed by atoms with Crippen molar-refractivity contribution in [1.82, 2.24) is 10.2 Å². The van der Waals surface area contributed by atoms with E-state index in [4.69, 9.17) is 0 Å². The summed E-state index contributed by atoms with van der Waals surface area (Å²) >= 11 is 1.53. The number of carbonyl (C=O) groups excluding carboxylic acids is 2. The number of thioether (sulfide) groups is 1. The number of hydrogen-bond donors (Lipinski definition) is 1. The maximum Gasteiger partial charge on any atom is 0.242 e. The monoisotopic (exact) mass is 416 g/mol. The Labute approximate surface area is 176 Å². The van der Waals surface area contributed by atoms with Gasteiger partial charge in [-0.25, -0.2) is 4.39 Å². The number of halogens is 1. The van der Waals surface area contributed by atoms with Crippen LogP contribution in [0, 0.1) is 12.7 Å². The van der Waals surface area contributed by atoms with Crippen LogP contribution < -0.4 is 5.32 Å². The molecule has 0 aliphatic rings. The summed E-state index contributed by atoms with van der Waals surface area (Å²) in [5.41, 5.74) is 3.16. The Bertz CT molecular complexity index is 811. The summed E-state index contributed by atoms with van der Waals surface area (Å²) < 4.78 is 13.2. The molecule has 156 valence electrons. The maximum absolute atomic E-state index is 13.2. The molecule has 0 unspecified atom stereocenters. The molecule has 0 aliphatic heterocycles. The fourth-order valence-electron chi connectivity index (χ4n) is 3.14. The molecule has 6 heteroatoms. The molecule has 0 bridgehead atoms. The summed E-state index contributed by atoms with van der Waals surface area (Å²) in [6, 6.07) is 13.7. The Morgan fingerprint density at radius 1 is 1.10 bits per heavy atom. The molecule has 0 fully saturated rings. The quantitative estimate of drug-likeness (QED) is 0.628. The molecule has 4 nitrogen and oxygen atoms in total.